The molecule has 2 fully saturated rings. The van der Waals surface area contributed by atoms with Crippen molar-refractivity contribution in [1.82, 2.24) is 10.2 Å². The first-order valence-corrected chi connectivity index (χ1v) is 7.69. The number of rotatable bonds is 6. The summed E-state index contributed by atoms with van der Waals surface area (Å²) < 4.78 is 10.8. The molecule has 0 radical (unpaired) electrons. The van der Waals surface area contributed by atoms with Crippen LogP contribution in [0.5, 0.6) is 0 Å². The van der Waals surface area contributed by atoms with Crippen LogP contribution in [0.4, 0.5) is 0 Å². The van der Waals surface area contributed by atoms with Gasteiger partial charge in [-0.25, -0.2) is 0 Å². The van der Waals surface area contributed by atoms with Crippen molar-refractivity contribution < 1.29 is 9.47 Å². The number of hydrogen-bond donors (Lipinski definition) is 1. The Bertz CT molecular complexity index is 241. The standard InChI is InChI=1S/C15H30N2O2/c1-18-11-14-3-9-17(10-4-14)12-15(13-19-2)5-7-16-8-6-15/h14,16H,3-13H2,1-2H3. The Morgan fingerprint density at radius 1 is 1.11 bits per heavy atom. The molecule has 0 aromatic carbocycles. The Labute approximate surface area is 117 Å². The largest absolute Gasteiger partial charge is 0.384 e. The zero-order valence-corrected chi connectivity index (χ0v) is 12.6. The van der Waals surface area contributed by atoms with Crippen molar-refractivity contribution in [2.75, 3.05) is 60.2 Å². The summed E-state index contributed by atoms with van der Waals surface area (Å²) in [6, 6.07) is 0. The van der Waals surface area contributed by atoms with Crippen LogP contribution in [-0.2, 0) is 9.47 Å². The van der Waals surface area contributed by atoms with Gasteiger partial charge < -0.3 is 19.7 Å². The van der Waals surface area contributed by atoms with Crippen molar-refractivity contribution >= 4 is 0 Å². The van der Waals surface area contributed by atoms with Gasteiger partial charge in [0, 0.05) is 32.8 Å². The van der Waals surface area contributed by atoms with Crippen LogP contribution >= 0.6 is 0 Å². The Morgan fingerprint density at radius 2 is 1.79 bits per heavy atom. The molecule has 2 heterocycles. The molecule has 19 heavy (non-hydrogen) atoms. The van der Waals surface area contributed by atoms with Crippen LogP contribution in [0.25, 0.3) is 0 Å². The summed E-state index contributed by atoms with van der Waals surface area (Å²) in [5, 5.41) is 3.47. The van der Waals surface area contributed by atoms with E-state index in [4.69, 9.17) is 9.47 Å². The highest BCUT2D eigenvalue weighted by Gasteiger charge is 2.35. The van der Waals surface area contributed by atoms with Crippen molar-refractivity contribution in [2.45, 2.75) is 25.7 Å². The fourth-order valence-electron chi connectivity index (χ4n) is 3.63. The number of likely N-dealkylation sites (tertiary alicyclic amines) is 1. The second-order valence-electron chi connectivity index (χ2n) is 6.36. The van der Waals surface area contributed by atoms with E-state index in [1.807, 2.05) is 14.2 Å². The number of nitrogens with one attached hydrogen (secondary N) is 1. The van der Waals surface area contributed by atoms with E-state index in [9.17, 15) is 0 Å². The number of ether oxygens (including phenoxy) is 2. The molecule has 0 atom stereocenters. The van der Waals surface area contributed by atoms with E-state index in [2.05, 4.69) is 10.2 Å². The summed E-state index contributed by atoms with van der Waals surface area (Å²) in [6.45, 7) is 7.79. The molecule has 0 spiro atoms. The third-order valence-electron chi connectivity index (χ3n) is 4.78. The number of methoxy groups -OCH3 is 2. The first kappa shape index (κ1) is 15.2. The summed E-state index contributed by atoms with van der Waals surface area (Å²) in [6.07, 6.45) is 5.07. The van der Waals surface area contributed by atoms with Crippen molar-refractivity contribution in [3.05, 3.63) is 0 Å². The van der Waals surface area contributed by atoms with Gasteiger partial charge in [0.05, 0.1) is 6.61 Å². The minimum atomic E-state index is 0.383. The van der Waals surface area contributed by atoms with Crippen LogP contribution < -0.4 is 5.32 Å². The molecule has 112 valence electrons. The number of hydrogen-bond acceptors (Lipinski definition) is 4. The third kappa shape index (κ3) is 4.42. The first-order valence-electron chi connectivity index (χ1n) is 7.69. The lowest BCUT2D eigenvalue weighted by Crippen LogP contribution is -2.49. The minimum Gasteiger partial charge on any atom is -0.384 e. The van der Waals surface area contributed by atoms with E-state index >= 15 is 0 Å². The number of nitrogens with zero attached hydrogens (tertiary/aromatic N) is 1. The van der Waals surface area contributed by atoms with Crippen LogP contribution in [0, 0.1) is 11.3 Å². The van der Waals surface area contributed by atoms with Crippen LogP contribution in [-0.4, -0.2) is 65.1 Å². The minimum absolute atomic E-state index is 0.383. The van der Waals surface area contributed by atoms with Crippen LogP contribution in [0.2, 0.25) is 0 Å². The highest BCUT2D eigenvalue weighted by atomic mass is 16.5. The molecule has 2 aliphatic heterocycles. The van der Waals surface area contributed by atoms with Crippen molar-refractivity contribution in [1.29, 1.82) is 0 Å². The quantitative estimate of drug-likeness (QED) is 0.790. The van der Waals surface area contributed by atoms with Crippen LogP contribution in [0.15, 0.2) is 0 Å². The van der Waals surface area contributed by atoms with Gasteiger partial charge in [0.2, 0.25) is 0 Å². The van der Waals surface area contributed by atoms with Gasteiger partial charge in [0.15, 0.2) is 0 Å². The lowest BCUT2D eigenvalue weighted by Gasteiger charge is -2.43. The van der Waals surface area contributed by atoms with Gasteiger partial charge in [0.25, 0.3) is 0 Å². The van der Waals surface area contributed by atoms with Crippen LogP contribution in [0.3, 0.4) is 0 Å². The van der Waals surface area contributed by atoms with Gasteiger partial charge >= 0.3 is 0 Å². The van der Waals surface area contributed by atoms with E-state index in [0.717, 1.165) is 32.2 Å². The predicted octanol–water partition coefficient (Wildman–Crippen LogP) is 1.36. The zero-order valence-electron chi connectivity index (χ0n) is 12.6. The van der Waals surface area contributed by atoms with E-state index in [1.165, 1.54) is 45.3 Å². The molecule has 4 nitrogen and oxygen atoms in total. The Balaban J connectivity index is 1.81. The maximum atomic E-state index is 5.51. The third-order valence-corrected chi connectivity index (χ3v) is 4.78. The molecule has 0 amide bonds. The number of piperidine rings is 2. The fourth-order valence-corrected chi connectivity index (χ4v) is 3.63. The van der Waals surface area contributed by atoms with Gasteiger partial charge in [-0.3, -0.25) is 0 Å². The SMILES string of the molecule is COCC1CCN(CC2(COC)CCNCC2)CC1. The molecule has 1 N–H and O–H groups in total. The zero-order chi connectivity index (χ0) is 13.6. The molecule has 0 unspecified atom stereocenters. The van der Waals surface area contributed by atoms with Crippen molar-refractivity contribution in [3.63, 3.8) is 0 Å². The molecule has 0 aromatic heterocycles. The summed E-state index contributed by atoms with van der Waals surface area (Å²) in [5.41, 5.74) is 0.383. The van der Waals surface area contributed by atoms with E-state index in [0.29, 0.717) is 5.41 Å². The lowest BCUT2D eigenvalue weighted by atomic mass is 9.78. The average molecular weight is 270 g/mol. The molecular formula is C15H30N2O2. The van der Waals surface area contributed by atoms with Crippen molar-refractivity contribution in [3.8, 4) is 0 Å². The van der Waals surface area contributed by atoms with E-state index in [1.54, 1.807) is 0 Å². The maximum absolute atomic E-state index is 5.51. The molecular weight excluding hydrogens is 240 g/mol. The maximum Gasteiger partial charge on any atom is 0.0531 e. The van der Waals surface area contributed by atoms with Gasteiger partial charge in [-0.15, -0.1) is 0 Å². The summed E-state index contributed by atoms with van der Waals surface area (Å²) in [7, 11) is 3.66. The van der Waals surface area contributed by atoms with Gasteiger partial charge in [0.1, 0.15) is 0 Å². The van der Waals surface area contributed by atoms with Gasteiger partial charge in [-0.05, 0) is 57.8 Å². The molecule has 4 heteroatoms. The van der Waals surface area contributed by atoms with Crippen molar-refractivity contribution in [2.24, 2.45) is 11.3 Å². The predicted molar refractivity (Wildman–Crippen MR) is 77.5 cm³/mol. The second-order valence-corrected chi connectivity index (χ2v) is 6.36. The van der Waals surface area contributed by atoms with Gasteiger partial charge in [-0.1, -0.05) is 0 Å². The van der Waals surface area contributed by atoms with E-state index in [-0.39, 0.29) is 0 Å². The molecule has 2 rings (SSSR count). The Kier molecular flexibility index (Phi) is 6.07. The van der Waals surface area contributed by atoms with E-state index < -0.39 is 0 Å². The molecule has 2 aliphatic rings. The molecule has 0 saturated carbocycles. The molecule has 2 saturated heterocycles. The smallest absolute Gasteiger partial charge is 0.0531 e. The highest BCUT2D eigenvalue weighted by Crippen LogP contribution is 2.31. The average Bonchev–Trinajstić information content (AvgIpc) is 2.43. The normalized spacial score (nSPS) is 25.6. The topological polar surface area (TPSA) is 33.7 Å². The van der Waals surface area contributed by atoms with Gasteiger partial charge in [-0.2, -0.15) is 0 Å². The monoisotopic (exact) mass is 270 g/mol. The fraction of sp³-hybridized carbons (Fsp3) is 1.00. The molecule has 0 aliphatic carbocycles. The lowest BCUT2D eigenvalue weighted by molar-refractivity contribution is 0.00853. The van der Waals surface area contributed by atoms with Crippen LogP contribution in [0.1, 0.15) is 25.7 Å². The summed E-state index contributed by atoms with van der Waals surface area (Å²) in [5.74, 6) is 0.771. The Morgan fingerprint density at radius 3 is 2.37 bits per heavy atom. The molecule has 0 bridgehead atoms. The summed E-state index contributed by atoms with van der Waals surface area (Å²) >= 11 is 0. The highest BCUT2D eigenvalue weighted by molar-refractivity contribution is 4.88. The molecule has 0 aromatic rings. The first-order chi connectivity index (χ1) is 9.28. The summed E-state index contributed by atoms with van der Waals surface area (Å²) in [4.78, 5) is 2.65. The Hall–Kier alpha value is -0.160. The second kappa shape index (κ2) is 7.58.